The molecule has 1 unspecified atom stereocenters. The predicted octanol–water partition coefficient (Wildman–Crippen LogP) is 1.83. The molecule has 0 saturated carbocycles. The van der Waals surface area contributed by atoms with Crippen LogP contribution in [-0.4, -0.2) is 46.4 Å². The van der Waals surface area contributed by atoms with E-state index in [1.165, 1.54) is 20.0 Å². The minimum Gasteiger partial charge on any atom is -0.393 e. The second-order valence-electron chi connectivity index (χ2n) is 5.25. The number of rotatable bonds is 3. The van der Waals surface area contributed by atoms with Crippen LogP contribution in [0.2, 0.25) is 5.15 Å². The first kappa shape index (κ1) is 15.2. The number of aliphatic hydroxyl groups excluding tert-OH is 1. The molecule has 3 heterocycles. The third-order valence-corrected chi connectivity index (χ3v) is 7.00. The molecule has 1 aliphatic heterocycles. The summed E-state index contributed by atoms with van der Waals surface area (Å²) in [5, 5.41) is 11.4. The second-order valence-corrected chi connectivity index (χ2v) is 8.33. The van der Waals surface area contributed by atoms with Crippen LogP contribution in [0.3, 0.4) is 0 Å². The van der Waals surface area contributed by atoms with Crippen molar-refractivity contribution in [1.29, 1.82) is 0 Å². The molecule has 2 aromatic heterocycles. The molecule has 1 N–H and O–H groups in total. The van der Waals surface area contributed by atoms with Gasteiger partial charge in [-0.15, -0.1) is 11.3 Å². The quantitative estimate of drug-likeness (QED) is 0.917. The lowest BCUT2D eigenvalue weighted by Crippen LogP contribution is -2.41. The van der Waals surface area contributed by atoms with Gasteiger partial charge in [0.2, 0.25) is 0 Å². The zero-order chi connectivity index (χ0) is 15.2. The van der Waals surface area contributed by atoms with Crippen LogP contribution < -0.4 is 0 Å². The molecule has 1 fully saturated rings. The van der Waals surface area contributed by atoms with E-state index in [1.807, 2.05) is 0 Å². The number of fused-ring (bicyclic) bond motifs is 1. The minimum atomic E-state index is -3.67. The molecule has 21 heavy (non-hydrogen) atoms. The van der Waals surface area contributed by atoms with Gasteiger partial charge in [-0.3, -0.25) is 4.40 Å². The third kappa shape index (κ3) is 2.59. The van der Waals surface area contributed by atoms with E-state index in [9.17, 15) is 13.5 Å². The summed E-state index contributed by atoms with van der Waals surface area (Å²) >= 11 is 7.36. The number of sulfonamides is 1. The summed E-state index contributed by atoms with van der Waals surface area (Å²) in [7, 11) is -3.67. The number of imidazole rings is 1. The van der Waals surface area contributed by atoms with E-state index in [0.717, 1.165) is 0 Å². The number of hydrogen-bond acceptors (Lipinski definition) is 5. The van der Waals surface area contributed by atoms with E-state index >= 15 is 0 Å². The van der Waals surface area contributed by atoms with E-state index in [4.69, 9.17) is 11.6 Å². The monoisotopic (exact) mass is 349 g/mol. The Hall–Kier alpha value is -0.670. The molecule has 9 heteroatoms. The van der Waals surface area contributed by atoms with Crippen molar-refractivity contribution in [2.75, 3.05) is 13.1 Å². The molecule has 2 aromatic rings. The zero-order valence-corrected chi connectivity index (χ0v) is 13.8. The van der Waals surface area contributed by atoms with Gasteiger partial charge in [0.25, 0.3) is 10.0 Å². The van der Waals surface area contributed by atoms with Gasteiger partial charge in [-0.2, -0.15) is 4.31 Å². The average molecular weight is 350 g/mol. The summed E-state index contributed by atoms with van der Waals surface area (Å²) < 4.78 is 28.5. The Morgan fingerprint density at radius 1 is 1.48 bits per heavy atom. The summed E-state index contributed by atoms with van der Waals surface area (Å²) in [6.45, 7) is 2.54. The summed E-state index contributed by atoms with van der Waals surface area (Å²) in [4.78, 5) is 4.65. The van der Waals surface area contributed by atoms with Gasteiger partial charge < -0.3 is 5.11 Å². The van der Waals surface area contributed by atoms with Crippen LogP contribution >= 0.6 is 22.9 Å². The predicted molar refractivity (Wildman–Crippen MR) is 81.2 cm³/mol. The lowest BCUT2D eigenvalue weighted by molar-refractivity contribution is 0.0911. The normalized spacial score (nSPS) is 20.1. The van der Waals surface area contributed by atoms with Crippen molar-refractivity contribution in [2.45, 2.75) is 30.9 Å². The highest BCUT2D eigenvalue weighted by atomic mass is 35.5. The highest BCUT2D eigenvalue weighted by molar-refractivity contribution is 7.89. The number of hydrogen-bond donors (Lipinski definition) is 1. The number of aliphatic hydroxyl groups is 1. The Kier molecular flexibility index (Phi) is 4.00. The van der Waals surface area contributed by atoms with Crippen LogP contribution in [0.15, 0.2) is 16.6 Å². The fraction of sp³-hybridized carbons (Fsp3) is 0.583. The molecule has 0 aromatic carbocycles. The standard InChI is InChI=1S/C12H16ClN3O3S2/c1-8(17)9-2-4-15(5-3-9)21(18,19)11-10(13)14-12-16(11)6-7-20-12/h6-9,17H,2-5H2,1H3. The number of halogens is 1. The van der Waals surface area contributed by atoms with Crippen molar-refractivity contribution >= 4 is 37.9 Å². The van der Waals surface area contributed by atoms with Crippen LogP contribution in [0.4, 0.5) is 0 Å². The van der Waals surface area contributed by atoms with Crippen LogP contribution in [0, 0.1) is 5.92 Å². The van der Waals surface area contributed by atoms with Gasteiger partial charge in [-0.05, 0) is 25.7 Å². The molecule has 0 radical (unpaired) electrons. The maximum absolute atomic E-state index is 12.8. The van der Waals surface area contributed by atoms with Gasteiger partial charge in [0, 0.05) is 24.7 Å². The molecule has 116 valence electrons. The second kappa shape index (κ2) is 5.51. The highest BCUT2D eigenvalue weighted by Crippen LogP contribution is 2.31. The first-order valence-electron chi connectivity index (χ1n) is 6.70. The molecular formula is C12H16ClN3O3S2. The first-order valence-corrected chi connectivity index (χ1v) is 9.40. The summed E-state index contributed by atoms with van der Waals surface area (Å²) in [6.07, 6.45) is 2.56. The Balaban J connectivity index is 1.91. The van der Waals surface area contributed by atoms with Crippen molar-refractivity contribution in [1.82, 2.24) is 13.7 Å². The average Bonchev–Trinajstić information content (AvgIpc) is 2.98. The fourth-order valence-electron chi connectivity index (χ4n) is 2.69. The van der Waals surface area contributed by atoms with E-state index in [1.54, 1.807) is 18.5 Å². The zero-order valence-electron chi connectivity index (χ0n) is 11.4. The molecular weight excluding hydrogens is 334 g/mol. The number of piperidine rings is 1. The SMILES string of the molecule is CC(O)C1CCN(S(=O)(=O)c2c(Cl)nc3sccn23)CC1. The van der Waals surface area contributed by atoms with Gasteiger partial charge >= 0.3 is 0 Å². The fourth-order valence-corrected chi connectivity index (χ4v) is 5.57. The molecule has 3 rings (SSSR count). The van der Waals surface area contributed by atoms with Crippen molar-refractivity contribution in [3.8, 4) is 0 Å². The lowest BCUT2D eigenvalue weighted by Gasteiger charge is -2.32. The molecule has 0 spiro atoms. The van der Waals surface area contributed by atoms with Gasteiger partial charge in [0.15, 0.2) is 15.1 Å². The summed E-state index contributed by atoms with van der Waals surface area (Å²) in [5.74, 6) is 0.151. The van der Waals surface area contributed by atoms with Gasteiger partial charge in [-0.1, -0.05) is 11.6 Å². The number of thiazole rings is 1. The van der Waals surface area contributed by atoms with Crippen molar-refractivity contribution in [2.24, 2.45) is 5.92 Å². The summed E-state index contributed by atoms with van der Waals surface area (Å²) in [6, 6.07) is 0. The maximum atomic E-state index is 12.8. The molecule has 6 nitrogen and oxygen atoms in total. The molecule has 1 atom stereocenters. The van der Waals surface area contributed by atoms with E-state index in [-0.39, 0.29) is 16.1 Å². The van der Waals surface area contributed by atoms with Crippen LogP contribution in [0.1, 0.15) is 19.8 Å². The van der Waals surface area contributed by atoms with E-state index in [2.05, 4.69) is 4.98 Å². The number of aromatic nitrogens is 2. The van der Waals surface area contributed by atoms with Crippen LogP contribution in [0.5, 0.6) is 0 Å². The first-order chi connectivity index (χ1) is 9.91. The smallest absolute Gasteiger partial charge is 0.262 e. The highest BCUT2D eigenvalue weighted by Gasteiger charge is 2.35. The van der Waals surface area contributed by atoms with Crippen LogP contribution in [0.25, 0.3) is 4.96 Å². The Labute approximate surface area is 132 Å². The minimum absolute atomic E-state index is 0.0134. The Morgan fingerprint density at radius 2 is 2.14 bits per heavy atom. The summed E-state index contributed by atoms with van der Waals surface area (Å²) in [5.41, 5.74) is 0. The molecule has 0 amide bonds. The van der Waals surface area contributed by atoms with Crippen molar-refractivity contribution < 1.29 is 13.5 Å². The van der Waals surface area contributed by atoms with E-state index < -0.39 is 16.1 Å². The Morgan fingerprint density at radius 3 is 2.76 bits per heavy atom. The number of nitrogens with zero attached hydrogens (tertiary/aromatic N) is 3. The van der Waals surface area contributed by atoms with Crippen molar-refractivity contribution in [3.63, 3.8) is 0 Å². The Bertz CT molecular complexity index is 745. The molecule has 1 saturated heterocycles. The van der Waals surface area contributed by atoms with Crippen LogP contribution in [-0.2, 0) is 10.0 Å². The van der Waals surface area contributed by atoms with Gasteiger partial charge in [0.05, 0.1) is 6.10 Å². The topological polar surface area (TPSA) is 74.9 Å². The third-order valence-electron chi connectivity index (χ3n) is 3.94. The molecule has 1 aliphatic rings. The maximum Gasteiger partial charge on any atom is 0.262 e. The molecule has 0 bridgehead atoms. The largest absolute Gasteiger partial charge is 0.393 e. The molecule has 0 aliphatic carbocycles. The van der Waals surface area contributed by atoms with Crippen molar-refractivity contribution in [3.05, 3.63) is 16.7 Å². The lowest BCUT2D eigenvalue weighted by atomic mass is 9.93. The van der Waals surface area contributed by atoms with Gasteiger partial charge in [0.1, 0.15) is 0 Å². The van der Waals surface area contributed by atoms with Gasteiger partial charge in [-0.25, -0.2) is 13.4 Å². The van der Waals surface area contributed by atoms with E-state index in [0.29, 0.717) is 30.9 Å².